The summed E-state index contributed by atoms with van der Waals surface area (Å²) in [5.74, 6) is 3.20. The molecule has 7 atom stereocenters. The molecule has 4 rings (SSSR count). The van der Waals surface area contributed by atoms with Crippen LogP contribution in [0.1, 0.15) is 71.6 Å². The van der Waals surface area contributed by atoms with E-state index in [1.807, 2.05) is 6.08 Å². The van der Waals surface area contributed by atoms with Gasteiger partial charge in [-0.1, -0.05) is 26.8 Å². The van der Waals surface area contributed by atoms with E-state index < -0.39 is 0 Å². The van der Waals surface area contributed by atoms with Gasteiger partial charge in [0.15, 0.2) is 0 Å². The number of likely N-dealkylation sites (N-methyl/N-ethyl adjacent to an activating group) is 1. The first-order chi connectivity index (χ1) is 11.3. The Labute approximate surface area is 148 Å². The molecule has 0 N–H and O–H groups in total. The highest BCUT2D eigenvalue weighted by molar-refractivity contribution is 5.70. The monoisotopic (exact) mass is 330 g/mol. The summed E-state index contributed by atoms with van der Waals surface area (Å²) in [5.41, 5.74) is 0.993. The second-order valence-electron chi connectivity index (χ2n) is 10.2. The molecular formula is C22H36NO+. The Kier molecular flexibility index (Phi) is 3.81. The van der Waals surface area contributed by atoms with Crippen LogP contribution in [0.15, 0.2) is 12.7 Å². The van der Waals surface area contributed by atoms with Gasteiger partial charge in [0, 0.05) is 11.8 Å². The van der Waals surface area contributed by atoms with E-state index in [0.717, 1.165) is 37.1 Å². The molecule has 1 heterocycles. The minimum atomic E-state index is 0.360. The van der Waals surface area contributed by atoms with Crippen molar-refractivity contribution in [3.8, 4) is 0 Å². The normalized spacial score (nSPS) is 53.9. The van der Waals surface area contributed by atoms with Crippen molar-refractivity contribution in [1.82, 2.24) is 0 Å². The summed E-state index contributed by atoms with van der Waals surface area (Å²) >= 11 is 0. The number of nitrogens with zero attached hydrogens (tertiary/aromatic N) is 1. The molecule has 134 valence electrons. The van der Waals surface area contributed by atoms with Crippen LogP contribution in [0.5, 0.6) is 0 Å². The van der Waals surface area contributed by atoms with Gasteiger partial charge in [-0.15, -0.1) is 0 Å². The highest BCUT2D eigenvalue weighted by Gasteiger charge is 2.63. The third-order valence-electron chi connectivity index (χ3n) is 9.24. The first kappa shape index (κ1) is 16.8. The van der Waals surface area contributed by atoms with Gasteiger partial charge in [-0.3, -0.25) is 4.48 Å². The summed E-state index contributed by atoms with van der Waals surface area (Å²) in [6, 6.07) is 0.517. The number of likely N-dealkylation sites (tertiary alicyclic amines) is 1. The number of hydrogen-bond donors (Lipinski definition) is 0. The number of quaternary nitrogens is 1. The standard InChI is InChI=1S/C22H36NO/c1-5-15-23(4)19-9-8-16-17-7-6-12-21(17,2)13-10-18(16)22(19,3)14-11-20(23)24/h5,16-19H,1,6-15H2,2-4H3/q+1/t16-,17-,18-,19+,21-,22+,23?/m0/s1. The molecule has 4 fully saturated rings. The second-order valence-corrected chi connectivity index (χ2v) is 10.2. The number of hydrogen-bond acceptors (Lipinski definition) is 1. The Balaban J connectivity index is 1.68. The summed E-state index contributed by atoms with van der Waals surface area (Å²) in [7, 11) is 2.20. The maximum Gasteiger partial charge on any atom is 0.314 e. The van der Waals surface area contributed by atoms with Crippen LogP contribution < -0.4 is 0 Å². The summed E-state index contributed by atoms with van der Waals surface area (Å²) in [6.45, 7) is 9.91. The fourth-order valence-electron chi connectivity index (χ4n) is 8.02. The Bertz CT molecular complexity index is 556. The van der Waals surface area contributed by atoms with E-state index in [0.29, 0.717) is 27.3 Å². The van der Waals surface area contributed by atoms with Crippen molar-refractivity contribution in [3.63, 3.8) is 0 Å². The van der Waals surface area contributed by atoms with Crippen molar-refractivity contribution in [2.24, 2.45) is 28.6 Å². The van der Waals surface area contributed by atoms with E-state index in [-0.39, 0.29) is 0 Å². The maximum atomic E-state index is 12.8. The molecule has 0 aromatic carbocycles. The third-order valence-corrected chi connectivity index (χ3v) is 9.24. The molecule has 24 heavy (non-hydrogen) atoms. The molecule has 2 nitrogen and oxygen atoms in total. The zero-order chi connectivity index (χ0) is 17.2. The van der Waals surface area contributed by atoms with E-state index in [4.69, 9.17) is 0 Å². The van der Waals surface area contributed by atoms with E-state index in [9.17, 15) is 4.79 Å². The van der Waals surface area contributed by atoms with Crippen molar-refractivity contribution in [2.75, 3.05) is 13.6 Å². The van der Waals surface area contributed by atoms with Gasteiger partial charge >= 0.3 is 5.91 Å². The van der Waals surface area contributed by atoms with Gasteiger partial charge < -0.3 is 0 Å². The smallest absolute Gasteiger partial charge is 0.257 e. The number of piperidine rings is 1. The number of fused-ring (bicyclic) bond motifs is 5. The zero-order valence-electron chi connectivity index (χ0n) is 16.0. The third kappa shape index (κ3) is 2.08. The maximum absolute atomic E-state index is 12.8. The molecule has 1 saturated heterocycles. The van der Waals surface area contributed by atoms with Crippen molar-refractivity contribution in [1.29, 1.82) is 0 Å². The Hall–Kier alpha value is -0.630. The highest BCUT2D eigenvalue weighted by Crippen LogP contribution is 2.65. The van der Waals surface area contributed by atoms with E-state index in [1.54, 1.807) is 0 Å². The van der Waals surface area contributed by atoms with E-state index in [2.05, 4.69) is 27.5 Å². The predicted octanol–water partition coefficient (Wildman–Crippen LogP) is 4.94. The van der Waals surface area contributed by atoms with Crippen molar-refractivity contribution in [3.05, 3.63) is 12.7 Å². The van der Waals surface area contributed by atoms with Gasteiger partial charge in [-0.25, -0.2) is 4.79 Å². The van der Waals surface area contributed by atoms with Crippen molar-refractivity contribution >= 4 is 5.91 Å². The molecule has 0 radical (unpaired) electrons. The van der Waals surface area contributed by atoms with Gasteiger partial charge in [0.1, 0.15) is 12.6 Å². The molecule has 0 aromatic rings. The van der Waals surface area contributed by atoms with Crippen LogP contribution in [0.2, 0.25) is 0 Å². The minimum Gasteiger partial charge on any atom is -0.257 e. The Morgan fingerprint density at radius 3 is 2.67 bits per heavy atom. The lowest BCUT2D eigenvalue weighted by Crippen LogP contribution is -2.69. The van der Waals surface area contributed by atoms with Crippen molar-refractivity contribution < 1.29 is 9.28 Å². The number of carbonyl (C=O) groups excluding carboxylic acids is 1. The molecule has 2 heteroatoms. The average Bonchev–Trinajstić information content (AvgIpc) is 2.94. The van der Waals surface area contributed by atoms with Gasteiger partial charge in [0.05, 0.1) is 13.5 Å². The average molecular weight is 331 g/mol. The first-order valence-corrected chi connectivity index (χ1v) is 10.3. The van der Waals surface area contributed by atoms with E-state index in [1.165, 1.54) is 44.9 Å². The van der Waals surface area contributed by atoms with Crippen LogP contribution in [-0.2, 0) is 4.79 Å². The molecular weight excluding hydrogens is 294 g/mol. The fourth-order valence-corrected chi connectivity index (χ4v) is 8.02. The molecule has 1 aliphatic heterocycles. The SMILES string of the molecule is C=CC[N+]1(C)C(=O)CC[C@@]2(C)[C@H]1CC[C@H]1[C@@H]3CCC[C@@]3(C)CC[C@@H]12. The lowest BCUT2D eigenvalue weighted by molar-refractivity contribution is -0.871. The van der Waals surface area contributed by atoms with Crippen LogP contribution in [0, 0.1) is 28.6 Å². The van der Waals surface area contributed by atoms with Gasteiger partial charge in [0.2, 0.25) is 0 Å². The van der Waals surface area contributed by atoms with Crippen LogP contribution in [0.25, 0.3) is 0 Å². The van der Waals surface area contributed by atoms with Gasteiger partial charge in [-0.2, -0.15) is 0 Å². The Morgan fingerprint density at radius 1 is 1.12 bits per heavy atom. The lowest BCUT2D eigenvalue weighted by Gasteiger charge is -2.62. The zero-order valence-corrected chi connectivity index (χ0v) is 16.0. The minimum absolute atomic E-state index is 0.360. The molecule has 1 unspecified atom stereocenters. The molecule has 4 aliphatic rings. The molecule has 3 saturated carbocycles. The van der Waals surface area contributed by atoms with Crippen LogP contribution in [0.4, 0.5) is 0 Å². The summed E-state index contributed by atoms with van der Waals surface area (Å²) < 4.78 is 0.630. The van der Waals surface area contributed by atoms with Gasteiger partial charge in [-0.05, 0) is 67.8 Å². The molecule has 0 bridgehead atoms. The Morgan fingerprint density at radius 2 is 1.92 bits per heavy atom. The van der Waals surface area contributed by atoms with Crippen molar-refractivity contribution in [2.45, 2.75) is 77.7 Å². The molecule has 1 amide bonds. The summed E-state index contributed by atoms with van der Waals surface area (Å²) in [5, 5.41) is 0. The molecule has 3 aliphatic carbocycles. The first-order valence-electron chi connectivity index (χ1n) is 10.3. The van der Waals surface area contributed by atoms with Crippen LogP contribution in [-0.4, -0.2) is 30.0 Å². The molecule has 0 aromatic heterocycles. The summed E-state index contributed by atoms with van der Waals surface area (Å²) in [4.78, 5) is 12.8. The van der Waals surface area contributed by atoms with Gasteiger partial charge in [0.25, 0.3) is 0 Å². The summed E-state index contributed by atoms with van der Waals surface area (Å²) in [6.07, 6.45) is 13.7. The van der Waals surface area contributed by atoms with Crippen LogP contribution in [0.3, 0.4) is 0 Å². The fraction of sp³-hybridized carbons (Fsp3) is 0.864. The second kappa shape index (κ2) is 5.43. The largest absolute Gasteiger partial charge is 0.314 e. The molecule has 0 spiro atoms. The van der Waals surface area contributed by atoms with Crippen LogP contribution >= 0.6 is 0 Å². The number of carbonyl (C=O) groups is 1. The predicted molar refractivity (Wildman–Crippen MR) is 98.3 cm³/mol. The number of amides is 1. The topological polar surface area (TPSA) is 17.1 Å². The lowest BCUT2D eigenvalue weighted by atomic mass is 9.47. The van der Waals surface area contributed by atoms with E-state index >= 15 is 0 Å². The quantitative estimate of drug-likeness (QED) is 0.518. The number of rotatable bonds is 2. The highest BCUT2D eigenvalue weighted by atomic mass is 16.2.